The van der Waals surface area contributed by atoms with Crippen molar-refractivity contribution in [2.24, 2.45) is 0 Å². The van der Waals surface area contributed by atoms with Crippen LogP contribution in [-0.4, -0.2) is 11.1 Å². The van der Waals surface area contributed by atoms with Gasteiger partial charge in [0.05, 0.1) is 17.6 Å². The van der Waals surface area contributed by atoms with E-state index in [0.29, 0.717) is 5.56 Å². The standard InChI is InChI=1S/C16H12FNO2/c17-15-4-2-1-3-13(15)14(16(19)20)9-11-5-7-12(10-18)8-6-11/h1-8,14H,9H2,(H,19,20). The van der Waals surface area contributed by atoms with Gasteiger partial charge in [-0.25, -0.2) is 4.39 Å². The lowest BCUT2D eigenvalue weighted by atomic mass is 9.91. The lowest BCUT2D eigenvalue weighted by molar-refractivity contribution is -0.138. The van der Waals surface area contributed by atoms with Crippen molar-refractivity contribution in [3.63, 3.8) is 0 Å². The largest absolute Gasteiger partial charge is 0.481 e. The summed E-state index contributed by atoms with van der Waals surface area (Å²) in [5.41, 5.74) is 1.43. The first-order valence-electron chi connectivity index (χ1n) is 6.08. The fraction of sp³-hybridized carbons (Fsp3) is 0.125. The van der Waals surface area contributed by atoms with Crippen LogP contribution in [0.4, 0.5) is 4.39 Å². The van der Waals surface area contributed by atoms with Gasteiger partial charge in [0.2, 0.25) is 0 Å². The van der Waals surface area contributed by atoms with E-state index in [2.05, 4.69) is 0 Å². The number of carboxylic acid groups (broad SMARTS) is 1. The minimum atomic E-state index is -1.07. The molecule has 2 rings (SSSR count). The Balaban J connectivity index is 2.29. The molecular formula is C16H12FNO2. The highest BCUT2D eigenvalue weighted by Crippen LogP contribution is 2.24. The molecule has 1 N–H and O–H groups in total. The van der Waals surface area contributed by atoms with Crippen LogP contribution in [0.3, 0.4) is 0 Å². The van der Waals surface area contributed by atoms with Crippen LogP contribution in [0, 0.1) is 17.1 Å². The molecule has 0 spiro atoms. The number of halogens is 1. The molecule has 2 aromatic carbocycles. The van der Waals surface area contributed by atoms with Crippen molar-refractivity contribution in [2.75, 3.05) is 0 Å². The molecule has 0 saturated heterocycles. The molecule has 0 saturated carbocycles. The summed E-state index contributed by atoms with van der Waals surface area (Å²) in [5.74, 6) is -2.53. The van der Waals surface area contributed by atoms with Crippen LogP contribution < -0.4 is 0 Å². The normalized spacial score (nSPS) is 11.6. The van der Waals surface area contributed by atoms with Crippen molar-refractivity contribution < 1.29 is 14.3 Å². The van der Waals surface area contributed by atoms with Crippen LogP contribution in [0.5, 0.6) is 0 Å². The quantitative estimate of drug-likeness (QED) is 0.927. The Kier molecular flexibility index (Phi) is 4.11. The third-order valence-corrected chi connectivity index (χ3v) is 3.10. The fourth-order valence-corrected chi connectivity index (χ4v) is 2.04. The van der Waals surface area contributed by atoms with Crippen molar-refractivity contribution in [1.29, 1.82) is 5.26 Å². The predicted octanol–water partition coefficient (Wildman–Crippen LogP) is 3.11. The molecule has 0 aliphatic carbocycles. The molecular weight excluding hydrogens is 257 g/mol. The topological polar surface area (TPSA) is 61.1 Å². The minimum absolute atomic E-state index is 0.171. The molecule has 20 heavy (non-hydrogen) atoms. The van der Waals surface area contributed by atoms with Crippen molar-refractivity contribution in [1.82, 2.24) is 0 Å². The summed E-state index contributed by atoms with van der Waals surface area (Å²) in [7, 11) is 0. The zero-order valence-electron chi connectivity index (χ0n) is 10.6. The van der Waals surface area contributed by atoms with Crippen molar-refractivity contribution in [3.05, 3.63) is 71.0 Å². The van der Waals surface area contributed by atoms with Crippen LogP contribution >= 0.6 is 0 Å². The number of nitrogens with zero attached hydrogens (tertiary/aromatic N) is 1. The number of aliphatic carboxylic acids is 1. The number of hydrogen-bond donors (Lipinski definition) is 1. The molecule has 0 aromatic heterocycles. The highest BCUT2D eigenvalue weighted by Gasteiger charge is 2.23. The summed E-state index contributed by atoms with van der Waals surface area (Å²) >= 11 is 0. The molecule has 1 atom stereocenters. The Labute approximate surface area is 115 Å². The molecule has 0 aliphatic rings. The van der Waals surface area contributed by atoms with E-state index in [1.807, 2.05) is 6.07 Å². The number of hydrogen-bond acceptors (Lipinski definition) is 2. The first-order chi connectivity index (χ1) is 9.61. The van der Waals surface area contributed by atoms with E-state index < -0.39 is 17.7 Å². The molecule has 2 aromatic rings. The van der Waals surface area contributed by atoms with Gasteiger partial charge in [0.25, 0.3) is 0 Å². The fourth-order valence-electron chi connectivity index (χ4n) is 2.04. The SMILES string of the molecule is N#Cc1ccc(CC(C(=O)O)c2ccccc2F)cc1. The van der Waals surface area contributed by atoms with E-state index >= 15 is 0 Å². The van der Waals surface area contributed by atoms with Crippen LogP contribution in [0.1, 0.15) is 22.6 Å². The van der Waals surface area contributed by atoms with Crippen molar-refractivity contribution >= 4 is 5.97 Å². The predicted molar refractivity (Wildman–Crippen MR) is 71.6 cm³/mol. The first kappa shape index (κ1) is 13.8. The molecule has 0 aliphatic heterocycles. The molecule has 0 amide bonds. The van der Waals surface area contributed by atoms with Crippen molar-refractivity contribution in [2.45, 2.75) is 12.3 Å². The maximum Gasteiger partial charge on any atom is 0.311 e. The Bertz CT molecular complexity index is 659. The number of carboxylic acids is 1. The third-order valence-electron chi connectivity index (χ3n) is 3.10. The zero-order valence-corrected chi connectivity index (χ0v) is 10.6. The average molecular weight is 269 g/mol. The number of rotatable bonds is 4. The Morgan fingerprint density at radius 3 is 2.40 bits per heavy atom. The molecule has 3 nitrogen and oxygen atoms in total. The van der Waals surface area contributed by atoms with Crippen LogP contribution in [-0.2, 0) is 11.2 Å². The highest BCUT2D eigenvalue weighted by molar-refractivity contribution is 5.76. The molecule has 1 unspecified atom stereocenters. The van der Waals surface area contributed by atoms with E-state index in [4.69, 9.17) is 5.26 Å². The van der Waals surface area contributed by atoms with Gasteiger partial charge < -0.3 is 5.11 Å². The summed E-state index contributed by atoms with van der Waals surface area (Å²) < 4.78 is 13.7. The molecule has 0 bridgehead atoms. The van der Waals surface area contributed by atoms with Gasteiger partial charge >= 0.3 is 5.97 Å². The third kappa shape index (κ3) is 3.01. The van der Waals surface area contributed by atoms with Gasteiger partial charge in [0.1, 0.15) is 5.82 Å². The Morgan fingerprint density at radius 1 is 1.20 bits per heavy atom. The van der Waals surface area contributed by atoms with E-state index in [1.165, 1.54) is 18.2 Å². The van der Waals surface area contributed by atoms with E-state index in [1.54, 1.807) is 30.3 Å². The van der Waals surface area contributed by atoms with Gasteiger partial charge in [-0.05, 0) is 30.2 Å². The maximum absolute atomic E-state index is 13.7. The van der Waals surface area contributed by atoms with Gasteiger partial charge in [-0.3, -0.25) is 4.79 Å². The van der Waals surface area contributed by atoms with Gasteiger partial charge in [-0.2, -0.15) is 5.26 Å². The van der Waals surface area contributed by atoms with Crippen LogP contribution in [0.25, 0.3) is 0 Å². The Morgan fingerprint density at radius 2 is 1.85 bits per heavy atom. The average Bonchev–Trinajstić information content (AvgIpc) is 2.46. The number of benzene rings is 2. The smallest absolute Gasteiger partial charge is 0.311 e. The first-order valence-corrected chi connectivity index (χ1v) is 6.08. The van der Waals surface area contributed by atoms with Crippen molar-refractivity contribution in [3.8, 4) is 6.07 Å². The van der Waals surface area contributed by atoms with Crippen LogP contribution in [0.2, 0.25) is 0 Å². The number of nitriles is 1. The summed E-state index contributed by atoms with van der Waals surface area (Å²) in [6.45, 7) is 0. The maximum atomic E-state index is 13.7. The molecule has 0 heterocycles. The lowest BCUT2D eigenvalue weighted by Crippen LogP contribution is -2.15. The van der Waals surface area contributed by atoms with Crippen LogP contribution in [0.15, 0.2) is 48.5 Å². The molecule has 0 fully saturated rings. The van der Waals surface area contributed by atoms with Gasteiger partial charge in [0, 0.05) is 5.56 Å². The molecule has 4 heteroatoms. The molecule has 0 radical (unpaired) electrons. The summed E-state index contributed by atoms with van der Waals surface area (Å²) in [4.78, 5) is 11.4. The monoisotopic (exact) mass is 269 g/mol. The second-order valence-corrected chi connectivity index (χ2v) is 4.43. The zero-order chi connectivity index (χ0) is 14.5. The summed E-state index contributed by atoms with van der Waals surface area (Å²) in [6, 6.07) is 14.5. The van der Waals surface area contributed by atoms with E-state index in [9.17, 15) is 14.3 Å². The lowest BCUT2D eigenvalue weighted by Gasteiger charge is -2.13. The second-order valence-electron chi connectivity index (χ2n) is 4.43. The Hall–Kier alpha value is -2.67. The number of carbonyl (C=O) groups is 1. The minimum Gasteiger partial charge on any atom is -0.481 e. The van der Waals surface area contributed by atoms with Gasteiger partial charge in [-0.15, -0.1) is 0 Å². The van der Waals surface area contributed by atoms with E-state index in [-0.39, 0.29) is 12.0 Å². The molecule has 100 valence electrons. The second kappa shape index (κ2) is 5.98. The van der Waals surface area contributed by atoms with E-state index in [0.717, 1.165) is 5.56 Å². The van der Waals surface area contributed by atoms with Gasteiger partial charge in [-0.1, -0.05) is 30.3 Å². The van der Waals surface area contributed by atoms with Gasteiger partial charge in [0.15, 0.2) is 0 Å². The summed E-state index contributed by atoms with van der Waals surface area (Å²) in [6.07, 6.45) is 0.183. The summed E-state index contributed by atoms with van der Waals surface area (Å²) in [5, 5.41) is 18.0. The highest BCUT2D eigenvalue weighted by atomic mass is 19.1.